The molecule has 4 nitrogen and oxygen atoms in total. The van der Waals surface area contributed by atoms with Crippen LogP contribution < -0.4 is 10.4 Å². The van der Waals surface area contributed by atoms with Crippen LogP contribution in [-0.2, 0) is 6.54 Å². The Balaban J connectivity index is 1.98. The van der Waals surface area contributed by atoms with E-state index in [4.69, 9.17) is 9.15 Å². The molecule has 0 saturated heterocycles. The van der Waals surface area contributed by atoms with Gasteiger partial charge in [0.15, 0.2) is 0 Å². The first-order valence-electron chi connectivity index (χ1n) is 8.45. The van der Waals surface area contributed by atoms with Crippen molar-refractivity contribution >= 4 is 21.7 Å². The first-order chi connectivity index (χ1) is 11.6. The third-order valence-electron chi connectivity index (χ3n) is 5.13. The summed E-state index contributed by atoms with van der Waals surface area (Å²) in [6.07, 6.45) is 1.09. The van der Waals surface area contributed by atoms with Gasteiger partial charge >= 0.3 is 5.63 Å². The van der Waals surface area contributed by atoms with Crippen LogP contribution in [0.4, 0.5) is 0 Å². The lowest BCUT2D eigenvalue weighted by atomic mass is 9.99. The van der Waals surface area contributed by atoms with E-state index in [2.05, 4.69) is 24.8 Å². The molecule has 0 amide bonds. The molecule has 0 unspecified atom stereocenters. The molecule has 4 heteroatoms. The zero-order valence-electron chi connectivity index (χ0n) is 14.3. The molecule has 4 rings (SSSR count). The Bertz CT molecular complexity index is 989. The average molecular weight is 323 g/mol. The summed E-state index contributed by atoms with van der Waals surface area (Å²) >= 11 is 0. The maximum Gasteiger partial charge on any atom is 0.344 e. The lowest BCUT2D eigenvalue weighted by molar-refractivity contribution is 0.0602. The van der Waals surface area contributed by atoms with Crippen molar-refractivity contribution in [2.24, 2.45) is 0 Å². The zero-order valence-corrected chi connectivity index (χ0v) is 14.3. The molecule has 2 aromatic carbocycles. The Kier molecular flexibility index (Phi) is 3.57. The van der Waals surface area contributed by atoms with Crippen LogP contribution in [0.25, 0.3) is 21.7 Å². The van der Waals surface area contributed by atoms with Gasteiger partial charge in [-0.05, 0) is 37.8 Å². The summed E-state index contributed by atoms with van der Waals surface area (Å²) in [5.41, 5.74) is 2.41. The van der Waals surface area contributed by atoms with Crippen molar-refractivity contribution in [1.82, 2.24) is 4.90 Å². The summed E-state index contributed by atoms with van der Waals surface area (Å²) in [4.78, 5) is 14.6. The second-order valence-corrected chi connectivity index (χ2v) is 6.58. The van der Waals surface area contributed by atoms with E-state index in [-0.39, 0.29) is 5.63 Å². The van der Waals surface area contributed by atoms with Gasteiger partial charge in [-0.3, -0.25) is 4.90 Å². The molecule has 1 aliphatic heterocycles. The molecule has 0 spiro atoms. The minimum atomic E-state index is -0.293. The fourth-order valence-electron chi connectivity index (χ4n) is 3.50. The molecule has 3 aromatic rings. The first kappa shape index (κ1) is 15.2. The maximum atomic E-state index is 12.3. The van der Waals surface area contributed by atoms with Gasteiger partial charge in [0.2, 0.25) is 0 Å². The van der Waals surface area contributed by atoms with Crippen molar-refractivity contribution in [2.75, 3.05) is 6.73 Å². The fraction of sp³-hybridized carbons (Fsp3) is 0.350. The van der Waals surface area contributed by atoms with E-state index in [1.54, 1.807) is 0 Å². The van der Waals surface area contributed by atoms with Gasteiger partial charge in [0.05, 0.1) is 5.39 Å². The molecular weight excluding hydrogens is 302 g/mol. The second-order valence-electron chi connectivity index (χ2n) is 6.58. The number of rotatable bonds is 2. The third-order valence-corrected chi connectivity index (χ3v) is 5.13. The Morgan fingerprint density at radius 1 is 1.21 bits per heavy atom. The number of hydrogen-bond acceptors (Lipinski definition) is 4. The van der Waals surface area contributed by atoms with E-state index in [1.165, 1.54) is 0 Å². The van der Waals surface area contributed by atoms with Crippen LogP contribution in [0.2, 0.25) is 0 Å². The van der Waals surface area contributed by atoms with Gasteiger partial charge in [0, 0.05) is 29.1 Å². The summed E-state index contributed by atoms with van der Waals surface area (Å²) in [6.45, 7) is 7.81. The highest BCUT2D eigenvalue weighted by atomic mass is 16.5. The van der Waals surface area contributed by atoms with E-state index in [0.29, 0.717) is 23.7 Å². The molecule has 0 bridgehead atoms. The first-order valence-corrected chi connectivity index (χ1v) is 8.45. The molecule has 1 atom stereocenters. The standard InChI is InChI=1S/C20H21NO3/c1-4-12(2)21-10-14-9-17-15-7-5-6-8-16(15)20(22)24-19(17)13(3)18(14)23-11-21/h5-9,12H,4,10-11H2,1-3H3/t12-/m0/s1. The Labute approximate surface area is 140 Å². The van der Waals surface area contributed by atoms with Crippen LogP contribution in [0.1, 0.15) is 31.4 Å². The summed E-state index contributed by atoms with van der Waals surface area (Å²) < 4.78 is 11.6. The monoisotopic (exact) mass is 323 g/mol. The topological polar surface area (TPSA) is 42.7 Å². The van der Waals surface area contributed by atoms with Crippen LogP contribution in [0.5, 0.6) is 5.75 Å². The number of benzene rings is 2. The van der Waals surface area contributed by atoms with Crippen molar-refractivity contribution in [3.05, 3.63) is 51.9 Å². The molecule has 124 valence electrons. The number of aryl methyl sites for hydroxylation is 1. The normalized spacial score (nSPS) is 16.1. The molecule has 1 aliphatic rings. The van der Waals surface area contributed by atoms with Crippen LogP contribution in [0.3, 0.4) is 0 Å². The molecule has 0 fully saturated rings. The summed E-state index contributed by atoms with van der Waals surface area (Å²) in [5, 5.41) is 2.55. The Morgan fingerprint density at radius 3 is 2.71 bits per heavy atom. The highest BCUT2D eigenvalue weighted by Crippen LogP contribution is 2.37. The molecule has 24 heavy (non-hydrogen) atoms. The molecular formula is C20H21NO3. The van der Waals surface area contributed by atoms with Crippen molar-refractivity contribution < 1.29 is 9.15 Å². The number of nitrogens with zero attached hydrogens (tertiary/aromatic N) is 1. The highest BCUT2D eigenvalue weighted by molar-refractivity contribution is 6.06. The largest absolute Gasteiger partial charge is 0.477 e. The maximum absolute atomic E-state index is 12.3. The smallest absolute Gasteiger partial charge is 0.344 e. The quantitative estimate of drug-likeness (QED) is 0.523. The molecule has 1 aromatic heterocycles. The highest BCUT2D eigenvalue weighted by Gasteiger charge is 2.25. The van der Waals surface area contributed by atoms with Crippen molar-refractivity contribution in [2.45, 2.75) is 39.8 Å². The third kappa shape index (κ3) is 2.21. The minimum absolute atomic E-state index is 0.293. The van der Waals surface area contributed by atoms with E-state index >= 15 is 0 Å². The van der Waals surface area contributed by atoms with Gasteiger partial charge in [-0.1, -0.05) is 25.1 Å². The Morgan fingerprint density at radius 2 is 1.96 bits per heavy atom. The van der Waals surface area contributed by atoms with E-state index in [0.717, 1.165) is 40.6 Å². The lowest BCUT2D eigenvalue weighted by Crippen LogP contribution is -2.38. The minimum Gasteiger partial charge on any atom is -0.477 e. The van der Waals surface area contributed by atoms with Crippen molar-refractivity contribution in [3.63, 3.8) is 0 Å². The summed E-state index contributed by atoms with van der Waals surface area (Å²) in [5.74, 6) is 0.862. The molecule has 0 N–H and O–H groups in total. The zero-order chi connectivity index (χ0) is 16.8. The molecule has 0 radical (unpaired) electrons. The number of ether oxygens (including phenoxy) is 1. The van der Waals surface area contributed by atoms with E-state index in [9.17, 15) is 4.79 Å². The van der Waals surface area contributed by atoms with Crippen molar-refractivity contribution in [3.8, 4) is 5.75 Å². The van der Waals surface area contributed by atoms with E-state index in [1.807, 2.05) is 31.2 Å². The van der Waals surface area contributed by atoms with Crippen LogP contribution in [0.15, 0.2) is 39.5 Å². The molecule has 0 saturated carbocycles. The van der Waals surface area contributed by atoms with Crippen LogP contribution in [0, 0.1) is 6.92 Å². The molecule has 0 aliphatic carbocycles. The SMILES string of the molecule is CC[C@H](C)N1COc2c(cc3c(oc(=O)c4ccccc43)c2C)C1. The van der Waals surface area contributed by atoms with Gasteiger partial charge in [-0.2, -0.15) is 0 Å². The predicted octanol–water partition coefficient (Wildman–Crippen LogP) is 4.21. The van der Waals surface area contributed by atoms with Gasteiger partial charge < -0.3 is 9.15 Å². The van der Waals surface area contributed by atoms with Crippen LogP contribution >= 0.6 is 0 Å². The van der Waals surface area contributed by atoms with Gasteiger partial charge in [-0.25, -0.2) is 4.79 Å². The summed E-state index contributed by atoms with van der Waals surface area (Å²) in [7, 11) is 0. The fourth-order valence-corrected chi connectivity index (χ4v) is 3.50. The number of fused-ring (bicyclic) bond motifs is 4. The predicted molar refractivity (Wildman–Crippen MR) is 95.5 cm³/mol. The van der Waals surface area contributed by atoms with E-state index < -0.39 is 0 Å². The van der Waals surface area contributed by atoms with Crippen molar-refractivity contribution in [1.29, 1.82) is 0 Å². The molecule has 2 heterocycles. The van der Waals surface area contributed by atoms with Gasteiger partial charge in [0.1, 0.15) is 18.1 Å². The Hall–Kier alpha value is -2.33. The van der Waals surface area contributed by atoms with Gasteiger partial charge in [-0.15, -0.1) is 0 Å². The van der Waals surface area contributed by atoms with Crippen LogP contribution in [-0.4, -0.2) is 17.7 Å². The second kappa shape index (κ2) is 5.64. The number of hydrogen-bond donors (Lipinski definition) is 0. The van der Waals surface area contributed by atoms with Gasteiger partial charge in [0.25, 0.3) is 0 Å². The average Bonchev–Trinajstić information content (AvgIpc) is 2.62. The summed E-state index contributed by atoms with van der Waals surface area (Å²) in [6, 6.07) is 10.2. The lowest BCUT2D eigenvalue weighted by Gasteiger charge is -2.34.